The predicted molar refractivity (Wildman–Crippen MR) is 72.6 cm³/mol. The first-order chi connectivity index (χ1) is 9.25. The lowest BCUT2D eigenvalue weighted by Gasteiger charge is -2.25. The van der Waals surface area contributed by atoms with Crippen molar-refractivity contribution in [3.05, 3.63) is 59.8 Å². The third-order valence-electron chi connectivity index (χ3n) is 2.96. The quantitative estimate of drug-likeness (QED) is 0.875. The van der Waals surface area contributed by atoms with E-state index in [9.17, 15) is 4.79 Å². The number of rotatable bonds is 2. The topological polar surface area (TPSA) is 71.6 Å². The Bertz CT molecular complexity index is 652. The molecule has 3 rings (SSSR count). The molecule has 0 aliphatic carbocycles. The van der Waals surface area contributed by atoms with Crippen LogP contribution in [0.25, 0.3) is 0 Å². The summed E-state index contributed by atoms with van der Waals surface area (Å²) in [6.07, 6.45) is 1.69. The van der Waals surface area contributed by atoms with Crippen LogP contribution in [-0.2, 0) is 11.3 Å². The number of primary amides is 1. The van der Waals surface area contributed by atoms with Gasteiger partial charge in [-0.25, -0.2) is 9.99 Å². The summed E-state index contributed by atoms with van der Waals surface area (Å²) in [6.45, 7) is 0.573. The van der Waals surface area contributed by atoms with Gasteiger partial charge in [0, 0.05) is 11.8 Å². The molecule has 2 aromatic rings. The SMILES string of the molecule is NC(=O)C1=NN(c2ccccn2)Cc2ccccc21. The normalized spacial score (nSPS) is 13.7. The average Bonchev–Trinajstić information content (AvgIpc) is 2.47. The molecule has 2 N–H and O–H groups in total. The van der Waals surface area contributed by atoms with Crippen molar-refractivity contribution in [3.8, 4) is 0 Å². The number of benzene rings is 1. The summed E-state index contributed by atoms with van der Waals surface area (Å²) in [5.41, 5.74) is 7.48. The van der Waals surface area contributed by atoms with Crippen molar-refractivity contribution in [2.24, 2.45) is 10.8 Å². The fourth-order valence-electron chi connectivity index (χ4n) is 2.08. The summed E-state index contributed by atoms with van der Waals surface area (Å²) in [5, 5.41) is 5.99. The Morgan fingerprint density at radius 2 is 1.95 bits per heavy atom. The van der Waals surface area contributed by atoms with E-state index < -0.39 is 5.91 Å². The minimum atomic E-state index is -0.534. The van der Waals surface area contributed by atoms with Gasteiger partial charge in [-0.2, -0.15) is 5.10 Å². The first-order valence-corrected chi connectivity index (χ1v) is 5.91. The molecule has 2 heterocycles. The molecule has 0 radical (unpaired) electrons. The smallest absolute Gasteiger partial charge is 0.269 e. The highest BCUT2D eigenvalue weighted by Crippen LogP contribution is 2.22. The van der Waals surface area contributed by atoms with Crippen LogP contribution < -0.4 is 10.7 Å². The number of carbonyl (C=O) groups excluding carboxylic acids is 1. The first kappa shape index (κ1) is 11.4. The number of nitrogens with zero attached hydrogens (tertiary/aromatic N) is 3. The second-order valence-electron chi connectivity index (χ2n) is 4.22. The Morgan fingerprint density at radius 3 is 2.68 bits per heavy atom. The number of hydrogen-bond acceptors (Lipinski definition) is 4. The van der Waals surface area contributed by atoms with Gasteiger partial charge in [0.05, 0.1) is 6.54 Å². The van der Waals surface area contributed by atoms with Crippen LogP contribution in [0.5, 0.6) is 0 Å². The summed E-state index contributed by atoms with van der Waals surface area (Å²) < 4.78 is 0. The van der Waals surface area contributed by atoms with Crippen molar-refractivity contribution in [3.63, 3.8) is 0 Å². The molecule has 5 heteroatoms. The van der Waals surface area contributed by atoms with Gasteiger partial charge in [-0.05, 0) is 17.7 Å². The molecule has 0 atom stereocenters. The molecule has 1 aliphatic heterocycles. The minimum Gasteiger partial charge on any atom is -0.364 e. The summed E-state index contributed by atoms with van der Waals surface area (Å²) in [5.74, 6) is 0.156. The van der Waals surface area contributed by atoms with Crippen LogP contribution >= 0.6 is 0 Å². The van der Waals surface area contributed by atoms with Gasteiger partial charge < -0.3 is 5.73 Å². The molecule has 0 spiro atoms. The Balaban J connectivity index is 2.09. The van der Waals surface area contributed by atoms with Crippen molar-refractivity contribution < 1.29 is 4.79 Å². The summed E-state index contributed by atoms with van der Waals surface area (Å²) in [6, 6.07) is 13.2. The van der Waals surface area contributed by atoms with Gasteiger partial charge in [0.25, 0.3) is 5.91 Å². The highest BCUT2D eigenvalue weighted by molar-refractivity contribution is 6.45. The third kappa shape index (κ3) is 2.06. The second kappa shape index (κ2) is 4.53. The van der Waals surface area contributed by atoms with Crippen LogP contribution in [0.3, 0.4) is 0 Å². The Morgan fingerprint density at radius 1 is 1.16 bits per heavy atom. The van der Waals surface area contributed by atoms with Gasteiger partial charge in [-0.15, -0.1) is 0 Å². The fraction of sp³-hybridized carbons (Fsp3) is 0.0714. The molecule has 1 aromatic carbocycles. The van der Waals surface area contributed by atoms with Gasteiger partial charge in [-0.1, -0.05) is 30.3 Å². The highest BCUT2D eigenvalue weighted by Gasteiger charge is 2.23. The number of carbonyl (C=O) groups is 1. The van der Waals surface area contributed by atoms with Crippen molar-refractivity contribution in [2.45, 2.75) is 6.54 Å². The number of hydrogen-bond donors (Lipinski definition) is 1. The maximum absolute atomic E-state index is 11.5. The largest absolute Gasteiger partial charge is 0.364 e. The zero-order valence-electron chi connectivity index (χ0n) is 10.2. The van der Waals surface area contributed by atoms with Gasteiger partial charge in [0.15, 0.2) is 5.71 Å². The van der Waals surface area contributed by atoms with E-state index in [2.05, 4.69) is 10.1 Å². The van der Waals surface area contributed by atoms with E-state index in [-0.39, 0.29) is 5.71 Å². The maximum Gasteiger partial charge on any atom is 0.269 e. The third-order valence-corrected chi connectivity index (χ3v) is 2.96. The molecule has 0 fully saturated rings. The lowest BCUT2D eigenvalue weighted by Crippen LogP contribution is -2.34. The van der Waals surface area contributed by atoms with Crippen LogP contribution in [-0.4, -0.2) is 16.6 Å². The second-order valence-corrected chi connectivity index (χ2v) is 4.22. The van der Waals surface area contributed by atoms with Crippen LogP contribution in [0.2, 0.25) is 0 Å². The standard InChI is InChI=1S/C14H12N4O/c15-14(19)13-11-6-2-1-5-10(11)9-18(17-13)12-7-3-4-8-16-12/h1-8H,9H2,(H2,15,19). The molecule has 5 nitrogen and oxygen atoms in total. The maximum atomic E-state index is 11.5. The fourth-order valence-corrected chi connectivity index (χ4v) is 2.08. The Hall–Kier alpha value is -2.69. The predicted octanol–water partition coefficient (Wildman–Crippen LogP) is 1.29. The molecular weight excluding hydrogens is 240 g/mol. The Labute approximate surface area is 110 Å². The van der Waals surface area contributed by atoms with Gasteiger partial charge in [0.1, 0.15) is 5.82 Å². The molecule has 0 unspecified atom stereocenters. The average molecular weight is 252 g/mol. The molecule has 0 saturated carbocycles. The molecule has 19 heavy (non-hydrogen) atoms. The Kier molecular flexibility index (Phi) is 2.72. The van der Waals surface area contributed by atoms with Crippen LogP contribution in [0.15, 0.2) is 53.8 Å². The van der Waals surface area contributed by atoms with Gasteiger partial charge in [0.2, 0.25) is 0 Å². The van der Waals surface area contributed by atoms with E-state index in [0.29, 0.717) is 12.4 Å². The number of aromatic nitrogens is 1. The lowest BCUT2D eigenvalue weighted by atomic mass is 10.0. The molecular formula is C14H12N4O. The van der Waals surface area contributed by atoms with Crippen molar-refractivity contribution in [2.75, 3.05) is 5.01 Å². The minimum absolute atomic E-state index is 0.271. The molecule has 1 amide bonds. The van der Waals surface area contributed by atoms with E-state index in [0.717, 1.165) is 11.1 Å². The number of amides is 1. The monoisotopic (exact) mass is 252 g/mol. The summed E-state index contributed by atoms with van der Waals surface area (Å²) in [4.78, 5) is 15.8. The number of fused-ring (bicyclic) bond motifs is 1. The molecule has 1 aliphatic rings. The van der Waals surface area contributed by atoms with E-state index in [4.69, 9.17) is 5.73 Å². The molecule has 1 aromatic heterocycles. The van der Waals surface area contributed by atoms with Crippen LogP contribution in [0.1, 0.15) is 11.1 Å². The van der Waals surface area contributed by atoms with Crippen molar-refractivity contribution in [1.82, 2.24) is 4.98 Å². The van der Waals surface area contributed by atoms with Crippen molar-refractivity contribution >= 4 is 17.4 Å². The summed E-state index contributed by atoms with van der Waals surface area (Å²) in [7, 11) is 0. The molecule has 0 saturated heterocycles. The number of nitrogens with two attached hydrogens (primary N) is 1. The van der Waals surface area contributed by atoms with E-state index in [1.807, 2.05) is 42.5 Å². The number of hydrazone groups is 1. The van der Waals surface area contributed by atoms with Crippen molar-refractivity contribution in [1.29, 1.82) is 0 Å². The van der Waals surface area contributed by atoms with Crippen LogP contribution in [0.4, 0.5) is 5.82 Å². The first-order valence-electron chi connectivity index (χ1n) is 5.91. The van der Waals surface area contributed by atoms with E-state index in [1.54, 1.807) is 11.2 Å². The van der Waals surface area contributed by atoms with E-state index in [1.165, 1.54) is 0 Å². The highest BCUT2D eigenvalue weighted by atomic mass is 16.1. The zero-order chi connectivity index (χ0) is 13.2. The zero-order valence-corrected chi connectivity index (χ0v) is 10.2. The van der Waals surface area contributed by atoms with Gasteiger partial charge in [-0.3, -0.25) is 4.79 Å². The number of pyridine rings is 1. The molecule has 94 valence electrons. The molecule has 0 bridgehead atoms. The lowest BCUT2D eigenvalue weighted by molar-refractivity contribution is -0.111. The summed E-state index contributed by atoms with van der Waals surface area (Å²) >= 11 is 0. The van der Waals surface area contributed by atoms with E-state index >= 15 is 0 Å². The number of anilines is 1. The van der Waals surface area contributed by atoms with Gasteiger partial charge >= 0.3 is 0 Å². The van der Waals surface area contributed by atoms with Crippen LogP contribution in [0, 0.1) is 0 Å².